The molecule has 5 rings (SSSR count). The number of aliphatic hydroxyl groups is 1. The second-order valence-electron chi connectivity index (χ2n) is 9.18. The Bertz CT molecular complexity index is 1490. The van der Waals surface area contributed by atoms with Gasteiger partial charge in [0.1, 0.15) is 36.3 Å². The van der Waals surface area contributed by atoms with Gasteiger partial charge in [-0.25, -0.2) is 19.5 Å². The Morgan fingerprint density at radius 2 is 1.90 bits per heavy atom. The summed E-state index contributed by atoms with van der Waals surface area (Å²) in [4.78, 5) is 25.0. The predicted molar refractivity (Wildman–Crippen MR) is 144 cm³/mol. The second-order valence-corrected chi connectivity index (χ2v) is 10.9. The van der Waals surface area contributed by atoms with Gasteiger partial charge in [-0.1, -0.05) is 48.5 Å². The second kappa shape index (κ2) is 12.1. The van der Waals surface area contributed by atoms with E-state index in [9.17, 15) is 14.5 Å². The monoisotopic (exact) mass is 568 g/mol. The van der Waals surface area contributed by atoms with E-state index in [2.05, 4.69) is 20.0 Å². The van der Waals surface area contributed by atoms with Gasteiger partial charge in [0, 0.05) is 6.42 Å². The number of aliphatic hydroxyl groups excluding tert-OH is 1. The van der Waals surface area contributed by atoms with E-state index in [1.165, 1.54) is 19.6 Å². The van der Waals surface area contributed by atoms with E-state index in [4.69, 9.17) is 24.3 Å². The number of benzene rings is 2. The summed E-state index contributed by atoms with van der Waals surface area (Å²) in [5.74, 6) is -0.154. The number of esters is 1. The molecular weight excluding hydrogens is 539 g/mol. The highest BCUT2D eigenvalue weighted by atomic mass is 31.2. The molecule has 0 bridgehead atoms. The number of anilines is 1. The van der Waals surface area contributed by atoms with Crippen molar-refractivity contribution in [3.8, 4) is 5.75 Å². The highest BCUT2D eigenvalue weighted by Crippen LogP contribution is 2.46. The molecule has 13 nitrogen and oxygen atoms in total. The van der Waals surface area contributed by atoms with Gasteiger partial charge in [-0.2, -0.15) is 5.09 Å². The third-order valence-corrected chi connectivity index (χ3v) is 7.80. The highest BCUT2D eigenvalue weighted by Gasteiger charge is 2.39. The molecule has 3 heterocycles. The van der Waals surface area contributed by atoms with Crippen molar-refractivity contribution in [2.45, 2.75) is 44.4 Å². The number of carbonyl (C=O) groups is 1. The molecule has 0 spiro atoms. The topological polar surface area (TPSA) is 173 Å². The van der Waals surface area contributed by atoms with Crippen LogP contribution in [0.2, 0.25) is 0 Å². The van der Waals surface area contributed by atoms with Crippen molar-refractivity contribution in [2.24, 2.45) is 0 Å². The largest absolute Gasteiger partial charge is 0.460 e. The van der Waals surface area contributed by atoms with Crippen LogP contribution in [0, 0.1) is 0 Å². The molecule has 1 saturated heterocycles. The normalized spacial score (nSPS) is 21.1. The third kappa shape index (κ3) is 6.46. The molecule has 0 unspecified atom stereocenters. The van der Waals surface area contributed by atoms with Crippen molar-refractivity contribution >= 4 is 30.7 Å². The molecule has 4 aromatic rings. The predicted octanol–water partition coefficient (Wildman–Crippen LogP) is 2.98. The quantitative estimate of drug-likeness (QED) is 0.179. The van der Waals surface area contributed by atoms with Gasteiger partial charge in [0.15, 0.2) is 17.7 Å². The van der Waals surface area contributed by atoms with E-state index in [0.717, 1.165) is 5.56 Å². The number of carbonyl (C=O) groups excluding carboxylic acids is 1. The molecule has 0 saturated carbocycles. The lowest BCUT2D eigenvalue weighted by Gasteiger charge is -2.24. The van der Waals surface area contributed by atoms with Crippen molar-refractivity contribution in [1.29, 1.82) is 0 Å². The minimum Gasteiger partial charge on any atom is -0.460 e. The van der Waals surface area contributed by atoms with Crippen LogP contribution in [0.25, 0.3) is 11.2 Å². The van der Waals surface area contributed by atoms with E-state index in [0.29, 0.717) is 11.2 Å². The summed E-state index contributed by atoms with van der Waals surface area (Å²) in [6, 6.07) is 16.6. The van der Waals surface area contributed by atoms with E-state index in [1.54, 1.807) is 34.9 Å². The summed E-state index contributed by atoms with van der Waals surface area (Å²) in [5, 5.41) is 13.4. The minimum atomic E-state index is -4.11. The number of nitrogens with two attached hydrogens (primary N) is 1. The fraction of sp³-hybridized carbons (Fsp3) is 0.308. The Morgan fingerprint density at radius 1 is 1.18 bits per heavy atom. The van der Waals surface area contributed by atoms with Crippen LogP contribution in [-0.4, -0.2) is 55.5 Å². The zero-order valence-electron chi connectivity index (χ0n) is 21.6. The Balaban J connectivity index is 1.25. The summed E-state index contributed by atoms with van der Waals surface area (Å²) in [5.41, 5.74) is 7.47. The van der Waals surface area contributed by atoms with E-state index in [1.807, 2.05) is 30.3 Å². The number of hydrogen-bond acceptors (Lipinski definition) is 11. The number of ether oxygens (including phenoxy) is 2. The maximum absolute atomic E-state index is 13.8. The summed E-state index contributed by atoms with van der Waals surface area (Å²) in [6.07, 6.45) is 0.503. The molecule has 0 aliphatic carbocycles. The molecular formula is C26H29N6O7P. The summed E-state index contributed by atoms with van der Waals surface area (Å²) >= 11 is 0. The van der Waals surface area contributed by atoms with Gasteiger partial charge in [-0.05, 0) is 24.6 Å². The zero-order valence-corrected chi connectivity index (χ0v) is 22.5. The molecule has 2 aromatic carbocycles. The first-order chi connectivity index (χ1) is 19.3. The molecule has 1 aliphatic rings. The lowest BCUT2D eigenvalue weighted by molar-refractivity contribution is -0.146. The number of nitrogens with one attached hydrogen (secondary N) is 1. The molecule has 1 fully saturated rings. The van der Waals surface area contributed by atoms with Gasteiger partial charge in [-0.15, -0.1) is 0 Å². The van der Waals surface area contributed by atoms with E-state index >= 15 is 0 Å². The van der Waals surface area contributed by atoms with Gasteiger partial charge >= 0.3 is 13.7 Å². The molecule has 4 N–H and O–H groups in total. The molecule has 1 aliphatic heterocycles. The summed E-state index contributed by atoms with van der Waals surface area (Å²) in [7, 11) is -4.11. The first-order valence-electron chi connectivity index (χ1n) is 12.6. The molecule has 40 heavy (non-hydrogen) atoms. The number of rotatable bonds is 11. The van der Waals surface area contributed by atoms with Crippen LogP contribution in [0.3, 0.4) is 0 Å². The molecule has 14 heteroatoms. The van der Waals surface area contributed by atoms with Gasteiger partial charge in [0.05, 0.1) is 19.0 Å². The SMILES string of the molecule is C[C@H](N[P@](=O)(OC[C@@H]1C[C@H](O)[C@H](n2cnc3c(N)ncnc32)O1)Oc1ccccc1)C(=O)OCc1ccccc1. The Kier molecular flexibility index (Phi) is 8.38. The number of para-hydroxylation sites is 1. The average Bonchev–Trinajstić information content (AvgIpc) is 3.55. The van der Waals surface area contributed by atoms with Gasteiger partial charge < -0.3 is 24.8 Å². The van der Waals surface area contributed by atoms with E-state index in [-0.39, 0.29) is 31.2 Å². The maximum atomic E-state index is 13.8. The van der Waals surface area contributed by atoms with Crippen molar-refractivity contribution < 1.29 is 33.0 Å². The first kappa shape index (κ1) is 27.7. The summed E-state index contributed by atoms with van der Waals surface area (Å²) in [6.45, 7) is 1.35. The smallest absolute Gasteiger partial charge is 0.459 e. The van der Waals surface area contributed by atoms with Crippen LogP contribution in [-0.2, 0) is 30.0 Å². The Hall–Kier alpha value is -3.87. The first-order valence-corrected chi connectivity index (χ1v) is 14.1. The van der Waals surface area contributed by atoms with Gasteiger partial charge in [0.2, 0.25) is 0 Å². The number of hydrogen-bond donors (Lipinski definition) is 3. The minimum absolute atomic E-state index is 0.0606. The van der Waals surface area contributed by atoms with Crippen LogP contribution >= 0.6 is 7.75 Å². The fourth-order valence-electron chi connectivity index (χ4n) is 4.18. The van der Waals surface area contributed by atoms with Crippen molar-refractivity contribution in [1.82, 2.24) is 24.6 Å². The molecule has 5 atom stereocenters. The van der Waals surface area contributed by atoms with Crippen LogP contribution in [0.15, 0.2) is 73.3 Å². The third-order valence-electron chi connectivity index (χ3n) is 6.16. The molecule has 2 aromatic heterocycles. The fourth-order valence-corrected chi connectivity index (χ4v) is 5.70. The average molecular weight is 569 g/mol. The Morgan fingerprint density at radius 3 is 2.65 bits per heavy atom. The van der Waals surface area contributed by atoms with Crippen LogP contribution in [0.4, 0.5) is 5.82 Å². The number of nitrogen functional groups attached to an aromatic ring is 1. The van der Waals surface area contributed by atoms with Gasteiger partial charge in [0.25, 0.3) is 0 Å². The molecule has 0 radical (unpaired) electrons. The highest BCUT2D eigenvalue weighted by molar-refractivity contribution is 7.52. The number of nitrogens with zero attached hydrogens (tertiary/aromatic N) is 4. The van der Waals surface area contributed by atoms with E-state index < -0.39 is 38.2 Å². The van der Waals surface area contributed by atoms with Crippen LogP contribution in [0.1, 0.15) is 25.1 Å². The standard InChI is InChI=1S/C26H29N6O7P/c1-17(26(34)36-13-18-8-4-2-5-9-18)31-40(35,39-19-10-6-3-7-11-19)37-14-20-12-21(33)25(38-20)32-16-30-22-23(27)28-15-29-24(22)32/h2-11,15-17,20-21,25,33H,12-14H2,1H3,(H,31,35)(H2,27,28,29)/t17-,20-,21-,25+,40-/m0/s1. The Labute approximate surface area is 229 Å². The van der Waals surface area contributed by atoms with Crippen LogP contribution in [0.5, 0.6) is 5.75 Å². The number of imidazole rings is 1. The van der Waals surface area contributed by atoms with Crippen LogP contribution < -0.4 is 15.3 Å². The zero-order chi connectivity index (χ0) is 28.1. The number of fused-ring (bicyclic) bond motifs is 1. The lowest BCUT2D eigenvalue weighted by Crippen LogP contribution is -2.35. The lowest BCUT2D eigenvalue weighted by atomic mass is 10.2. The van der Waals surface area contributed by atoms with Crippen molar-refractivity contribution in [3.05, 3.63) is 78.9 Å². The van der Waals surface area contributed by atoms with Gasteiger partial charge in [-0.3, -0.25) is 13.9 Å². The number of aromatic nitrogens is 4. The van der Waals surface area contributed by atoms with Crippen molar-refractivity contribution in [3.63, 3.8) is 0 Å². The summed E-state index contributed by atoms with van der Waals surface area (Å²) < 4.78 is 38.1. The maximum Gasteiger partial charge on any atom is 0.459 e. The molecule has 210 valence electrons. The van der Waals surface area contributed by atoms with Crippen molar-refractivity contribution in [2.75, 3.05) is 12.3 Å². The molecule has 0 amide bonds.